The van der Waals surface area contributed by atoms with Crippen molar-refractivity contribution in [3.63, 3.8) is 0 Å². The molecular formula is C57H63N3O10S. The maximum atomic E-state index is 15.1. The van der Waals surface area contributed by atoms with E-state index in [-0.39, 0.29) is 69.4 Å². The minimum absolute atomic E-state index is 0.00436. The number of hydrogen-bond donors (Lipinski definition) is 2. The van der Waals surface area contributed by atoms with Crippen LogP contribution in [0.25, 0.3) is 10.8 Å². The molecule has 14 heteroatoms. The van der Waals surface area contributed by atoms with Crippen LogP contribution in [-0.4, -0.2) is 76.4 Å². The van der Waals surface area contributed by atoms with Gasteiger partial charge in [-0.2, -0.15) is 0 Å². The molecule has 0 bridgehead atoms. The first-order valence-corrected chi connectivity index (χ1v) is 25.7. The Morgan fingerprint density at radius 2 is 1.68 bits per heavy atom. The van der Waals surface area contributed by atoms with E-state index in [9.17, 15) is 20.3 Å². The molecule has 0 radical (unpaired) electrons. The number of carbonyl (C=O) groups is 1. The zero-order valence-corrected chi connectivity index (χ0v) is 41.1. The number of aliphatic hydroxyl groups excluding tert-OH is 2. The van der Waals surface area contributed by atoms with Crippen molar-refractivity contribution in [3.8, 4) is 17.2 Å². The van der Waals surface area contributed by atoms with Crippen molar-refractivity contribution in [1.29, 1.82) is 0 Å². The highest BCUT2D eigenvalue weighted by Crippen LogP contribution is 2.62. The summed E-state index contributed by atoms with van der Waals surface area (Å²) in [6.45, 7) is 8.41. The molecule has 3 aliphatic rings. The van der Waals surface area contributed by atoms with E-state index in [4.69, 9.17) is 28.9 Å². The van der Waals surface area contributed by atoms with Crippen LogP contribution >= 0.6 is 11.8 Å². The molecule has 1 heterocycles. The van der Waals surface area contributed by atoms with Gasteiger partial charge in [-0.1, -0.05) is 78.7 Å². The topological polar surface area (TPSA) is 162 Å². The van der Waals surface area contributed by atoms with Gasteiger partial charge >= 0.3 is 6.09 Å². The highest BCUT2D eigenvalue weighted by molar-refractivity contribution is 7.98. The van der Waals surface area contributed by atoms with Crippen molar-refractivity contribution < 1.29 is 43.7 Å². The number of fused-ring (bicyclic) bond motifs is 3. The van der Waals surface area contributed by atoms with Crippen molar-refractivity contribution in [2.45, 2.75) is 87.2 Å². The van der Waals surface area contributed by atoms with Gasteiger partial charge in [0.05, 0.1) is 36.3 Å². The Balaban J connectivity index is 1.34. The first kappa shape index (κ1) is 50.9. The molecule has 0 spiro atoms. The highest BCUT2D eigenvalue weighted by atomic mass is 32.2. The molecule has 0 aromatic heterocycles. The van der Waals surface area contributed by atoms with Gasteiger partial charge in [0.15, 0.2) is 0 Å². The normalized spacial score (nSPS) is 21.5. The quantitative estimate of drug-likeness (QED) is 0.0199. The number of carbonyl (C=O) groups excluding carboxylic acids is 1. The summed E-state index contributed by atoms with van der Waals surface area (Å²) >= 11 is 1.66. The van der Waals surface area contributed by atoms with Crippen LogP contribution < -0.4 is 9.47 Å². The molecule has 2 aliphatic carbocycles. The molecular weight excluding hydrogens is 919 g/mol. The third-order valence-corrected chi connectivity index (χ3v) is 14.6. The molecule has 6 unspecified atom stereocenters. The minimum atomic E-state index is -1.54. The van der Waals surface area contributed by atoms with Crippen LogP contribution in [0.4, 0.5) is 10.5 Å². The number of nitro benzene ring substituents is 1. The predicted octanol–water partition coefficient (Wildman–Crippen LogP) is 12.3. The SMILES string of the molecule is C=CCCOC(=O)N(Cc1cccc2ccccc12)C1CC(=NOCc2ccc([N+](=O)[O-])cc2)C2=CC(CCCCO)C(CCCCO)C3c4cc(Oc5ccc(SC)cc5)ccc4OC1(OCC=C)C23. The summed E-state index contributed by atoms with van der Waals surface area (Å²) in [4.78, 5) is 35.2. The average Bonchev–Trinajstić information content (AvgIpc) is 3.39. The van der Waals surface area contributed by atoms with Crippen molar-refractivity contribution in [2.24, 2.45) is 22.9 Å². The molecule has 5 aromatic rings. The van der Waals surface area contributed by atoms with Gasteiger partial charge in [0.1, 0.15) is 29.9 Å². The molecule has 71 heavy (non-hydrogen) atoms. The Hall–Kier alpha value is -6.45. The molecule has 5 aromatic carbocycles. The summed E-state index contributed by atoms with van der Waals surface area (Å²) in [5.74, 6) is -0.557. The number of thioether (sulfide) groups is 1. The van der Waals surface area contributed by atoms with E-state index >= 15 is 4.79 Å². The van der Waals surface area contributed by atoms with Crippen LogP contribution in [0.5, 0.6) is 17.2 Å². The minimum Gasteiger partial charge on any atom is -0.459 e. The molecule has 6 atom stereocenters. The van der Waals surface area contributed by atoms with Crippen molar-refractivity contribution >= 4 is 40.0 Å². The van der Waals surface area contributed by atoms with Crippen molar-refractivity contribution in [3.05, 3.63) is 173 Å². The van der Waals surface area contributed by atoms with Crippen LogP contribution in [0.1, 0.15) is 74.0 Å². The molecule has 372 valence electrons. The summed E-state index contributed by atoms with van der Waals surface area (Å²) in [7, 11) is 0. The van der Waals surface area contributed by atoms with Gasteiger partial charge in [0.2, 0.25) is 5.79 Å². The van der Waals surface area contributed by atoms with Gasteiger partial charge in [-0.15, -0.1) is 24.9 Å². The number of non-ortho nitro benzene ring substituents is 1. The van der Waals surface area contributed by atoms with Crippen LogP contribution in [0, 0.1) is 27.9 Å². The predicted molar refractivity (Wildman–Crippen MR) is 277 cm³/mol. The number of nitro groups is 1. The van der Waals surface area contributed by atoms with Crippen molar-refractivity contribution in [1.82, 2.24) is 4.90 Å². The van der Waals surface area contributed by atoms with Crippen LogP contribution in [0.3, 0.4) is 0 Å². The number of hydrogen-bond acceptors (Lipinski definition) is 12. The summed E-state index contributed by atoms with van der Waals surface area (Å²) < 4.78 is 27.4. The Morgan fingerprint density at radius 3 is 2.41 bits per heavy atom. The Kier molecular flexibility index (Phi) is 17.3. The zero-order chi connectivity index (χ0) is 49.7. The summed E-state index contributed by atoms with van der Waals surface area (Å²) in [6.07, 6.45) is 12.0. The fourth-order valence-electron chi connectivity index (χ4n) is 10.6. The third kappa shape index (κ3) is 11.5. The second-order valence-electron chi connectivity index (χ2n) is 18.2. The average molecular weight is 982 g/mol. The summed E-state index contributed by atoms with van der Waals surface area (Å²) in [5, 5.41) is 38.6. The van der Waals surface area contributed by atoms with Crippen LogP contribution in [-0.2, 0) is 27.5 Å². The number of nitrogens with zero attached hydrogens (tertiary/aromatic N) is 3. The number of rotatable bonds is 24. The van der Waals surface area contributed by atoms with E-state index in [2.05, 4.69) is 25.3 Å². The fourth-order valence-corrected chi connectivity index (χ4v) is 11.0. The number of benzene rings is 5. The summed E-state index contributed by atoms with van der Waals surface area (Å²) in [5.41, 5.74) is 3.93. The lowest BCUT2D eigenvalue weighted by atomic mass is 9.55. The Morgan fingerprint density at radius 1 is 0.930 bits per heavy atom. The van der Waals surface area contributed by atoms with Gasteiger partial charge in [-0.05, 0) is 132 Å². The molecule has 1 amide bonds. The number of ether oxygens (including phenoxy) is 4. The lowest BCUT2D eigenvalue weighted by Gasteiger charge is -2.59. The van der Waals surface area contributed by atoms with Gasteiger partial charge in [-0.25, -0.2) is 4.79 Å². The van der Waals surface area contributed by atoms with Crippen molar-refractivity contribution in [2.75, 3.05) is 32.7 Å². The lowest BCUT2D eigenvalue weighted by Crippen LogP contribution is -2.70. The third-order valence-electron chi connectivity index (χ3n) is 13.9. The number of aliphatic hydroxyl groups is 2. The highest BCUT2D eigenvalue weighted by Gasteiger charge is 2.65. The second-order valence-corrected chi connectivity index (χ2v) is 19.1. The summed E-state index contributed by atoms with van der Waals surface area (Å²) in [6, 6.07) is 33.3. The van der Waals surface area contributed by atoms with E-state index in [1.807, 2.05) is 85.1 Å². The first-order chi connectivity index (χ1) is 34.7. The lowest BCUT2D eigenvalue weighted by molar-refractivity contribution is -0.384. The number of unbranched alkanes of at least 4 members (excludes halogenated alkanes) is 2. The molecule has 2 N–H and O–H groups in total. The van der Waals surface area contributed by atoms with Crippen LogP contribution in [0.15, 0.2) is 156 Å². The monoisotopic (exact) mass is 981 g/mol. The fraction of sp³-hybridized carbons (Fsp3) is 0.368. The van der Waals surface area contributed by atoms with Gasteiger partial charge in [0, 0.05) is 48.1 Å². The van der Waals surface area contributed by atoms with E-state index in [0.29, 0.717) is 47.8 Å². The second kappa shape index (κ2) is 24.1. The van der Waals surface area contributed by atoms with E-state index in [1.165, 1.54) is 12.1 Å². The maximum absolute atomic E-state index is 15.1. The maximum Gasteiger partial charge on any atom is 0.410 e. The molecule has 8 rings (SSSR count). The molecule has 13 nitrogen and oxygen atoms in total. The van der Waals surface area contributed by atoms with Gasteiger partial charge in [-0.3, -0.25) is 15.0 Å². The van der Waals surface area contributed by atoms with Gasteiger partial charge in [0.25, 0.3) is 5.69 Å². The van der Waals surface area contributed by atoms with E-state index in [0.717, 1.165) is 58.1 Å². The van der Waals surface area contributed by atoms with Gasteiger partial charge < -0.3 is 34.0 Å². The molecule has 1 aliphatic heterocycles. The van der Waals surface area contributed by atoms with Crippen LogP contribution in [0.2, 0.25) is 0 Å². The number of allylic oxidation sites excluding steroid dienone is 1. The number of oxime groups is 1. The number of amides is 1. The van der Waals surface area contributed by atoms with E-state index < -0.39 is 28.8 Å². The Labute approximate surface area is 419 Å². The standard InChI is InChI=1S/C57H63N3O10S/c1-4-6-33-66-56(63)59(37-42-17-13-16-40-14-7-8-18-47(40)42)53-36-51(58-68-38-39-20-22-43(23-21-39)60(64)65)49-34-41(15-9-11-30-61)48(19-10-12-31-62)54-50-35-45(69-44-24-27-46(71-3)28-25-44)26-29-52(50)70-57(53,55(49)54)67-32-5-2/h4-5,7-8,13-14,16-18,20-29,34-35,41,48,53-55,61-62H,1-2,6,9-12,15,19,30-33,36-38H2,3H3. The molecule has 1 fully saturated rings. The van der Waals surface area contributed by atoms with E-state index in [1.54, 1.807) is 40.9 Å². The Bertz CT molecular complexity index is 2700. The molecule has 0 saturated heterocycles. The first-order valence-electron chi connectivity index (χ1n) is 24.5. The molecule has 1 saturated carbocycles. The largest absolute Gasteiger partial charge is 0.459 e. The zero-order valence-electron chi connectivity index (χ0n) is 40.2. The smallest absolute Gasteiger partial charge is 0.410 e.